The van der Waals surface area contributed by atoms with Crippen LogP contribution in [0, 0.1) is 0 Å². The lowest BCUT2D eigenvalue weighted by atomic mass is 10.1. The number of amides is 1. The zero-order valence-corrected chi connectivity index (χ0v) is 17.0. The maximum atomic E-state index is 13.3. The third kappa shape index (κ3) is 3.33. The molecular formula is C22H21N7O2. The molecule has 1 aliphatic rings. The molecule has 1 saturated heterocycles. The number of aryl methyl sites for hydroxylation is 1. The van der Waals surface area contributed by atoms with Crippen LogP contribution in [0.1, 0.15) is 10.4 Å². The first-order valence-corrected chi connectivity index (χ1v) is 10.1. The third-order valence-electron chi connectivity index (χ3n) is 5.69. The number of piperazine rings is 1. The van der Waals surface area contributed by atoms with Gasteiger partial charge in [0.15, 0.2) is 0 Å². The number of rotatable bonds is 3. The molecule has 0 unspecified atom stereocenters. The Morgan fingerprint density at radius 3 is 2.42 bits per heavy atom. The lowest BCUT2D eigenvalue weighted by molar-refractivity contribution is 0.0748. The van der Waals surface area contributed by atoms with Crippen molar-refractivity contribution in [2.45, 2.75) is 0 Å². The second kappa shape index (κ2) is 7.67. The summed E-state index contributed by atoms with van der Waals surface area (Å²) in [6.07, 6.45) is 0. The molecule has 0 aliphatic carbocycles. The van der Waals surface area contributed by atoms with Gasteiger partial charge in [-0.05, 0) is 28.6 Å². The first kappa shape index (κ1) is 19.0. The number of carbonyl (C=O) groups excluding carboxylic acids is 1. The van der Waals surface area contributed by atoms with E-state index in [4.69, 9.17) is 0 Å². The van der Waals surface area contributed by atoms with E-state index in [0.29, 0.717) is 37.7 Å². The smallest absolute Gasteiger partial charge is 0.254 e. The van der Waals surface area contributed by atoms with E-state index >= 15 is 0 Å². The van der Waals surface area contributed by atoms with Crippen molar-refractivity contribution in [3.05, 3.63) is 76.6 Å². The molecule has 5 rings (SSSR count). The molecule has 0 saturated carbocycles. The van der Waals surface area contributed by atoms with Gasteiger partial charge in [0.1, 0.15) is 0 Å². The van der Waals surface area contributed by atoms with Crippen LogP contribution in [0.15, 0.2) is 65.5 Å². The summed E-state index contributed by atoms with van der Waals surface area (Å²) in [5, 5.41) is 12.9. The number of anilines is 1. The topological polar surface area (TPSA) is 89.2 Å². The van der Waals surface area contributed by atoms with Gasteiger partial charge < -0.3 is 14.4 Å². The highest BCUT2D eigenvalue weighted by Gasteiger charge is 2.27. The molecule has 0 radical (unpaired) electrons. The molecule has 1 amide bonds. The van der Waals surface area contributed by atoms with E-state index in [1.54, 1.807) is 21.2 Å². The van der Waals surface area contributed by atoms with Crippen molar-refractivity contribution >= 4 is 22.8 Å². The Bertz CT molecular complexity index is 1300. The molecule has 0 atom stereocenters. The Labute approximate surface area is 178 Å². The average molecular weight is 415 g/mol. The number of para-hydroxylation sites is 2. The molecule has 1 fully saturated rings. The van der Waals surface area contributed by atoms with Gasteiger partial charge in [-0.1, -0.05) is 41.5 Å². The lowest BCUT2D eigenvalue weighted by Gasteiger charge is -2.35. The molecule has 3 heterocycles. The van der Waals surface area contributed by atoms with Gasteiger partial charge in [0, 0.05) is 44.7 Å². The minimum atomic E-state index is -0.192. The van der Waals surface area contributed by atoms with Crippen LogP contribution >= 0.6 is 0 Å². The van der Waals surface area contributed by atoms with Crippen molar-refractivity contribution in [1.82, 2.24) is 29.7 Å². The van der Waals surface area contributed by atoms with Gasteiger partial charge in [0.25, 0.3) is 11.5 Å². The van der Waals surface area contributed by atoms with Crippen LogP contribution in [-0.4, -0.2) is 61.8 Å². The fraction of sp³-hybridized carbons (Fsp3) is 0.227. The third-order valence-corrected chi connectivity index (χ3v) is 5.69. The molecule has 156 valence electrons. The van der Waals surface area contributed by atoms with Gasteiger partial charge in [-0.15, -0.1) is 0 Å². The highest BCUT2D eigenvalue weighted by Crippen LogP contribution is 2.21. The Hall–Kier alpha value is -4.01. The van der Waals surface area contributed by atoms with E-state index in [0.717, 1.165) is 16.6 Å². The number of pyridine rings is 1. The fourth-order valence-electron chi connectivity index (χ4n) is 3.98. The molecule has 0 bridgehead atoms. The van der Waals surface area contributed by atoms with Crippen LogP contribution in [0.2, 0.25) is 0 Å². The molecule has 9 heteroatoms. The number of carbonyl (C=O) groups is 1. The highest BCUT2D eigenvalue weighted by atomic mass is 16.2. The molecule has 1 aliphatic heterocycles. The minimum absolute atomic E-state index is 0.129. The zero-order valence-electron chi connectivity index (χ0n) is 17.0. The van der Waals surface area contributed by atoms with Crippen molar-refractivity contribution in [3.63, 3.8) is 0 Å². The van der Waals surface area contributed by atoms with Crippen LogP contribution in [-0.2, 0) is 7.05 Å². The maximum Gasteiger partial charge on any atom is 0.254 e. The number of benzene rings is 2. The summed E-state index contributed by atoms with van der Waals surface area (Å²) < 4.78 is 3.26. The molecule has 0 spiro atoms. The SMILES string of the molecule is Cn1c(=O)cc(C(=O)N2CCN(c3nnnn3-c3ccccc3)CC2)c2ccccc21. The number of fused-ring (bicyclic) bond motifs is 1. The average Bonchev–Trinajstić information content (AvgIpc) is 3.32. The van der Waals surface area contributed by atoms with E-state index in [9.17, 15) is 9.59 Å². The maximum absolute atomic E-state index is 13.3. The highest BCUT2D eigenvalue weighted by molar-refractivity contribution is 6.06. The standard InChI is InChI=1S/C22H21N7O2/c1-26-19-10-6-5-9-17(19)18(15-20(26)30)21(31)27-11-13-28(14-12-27)22-23-24-25-29(22)16-7-3-2-4-8-16/h2-10,15H,11-14H2,1H3. The first-order chi connectivity index (χ1) is 15.1. The summed E-state index contributed by atoms with van der Waals surface area (Å²) >= 11 is 0. The second-order valence-corrected chi connectivity index (χ2v) is 7.48. The monoisotopic (exact) mass is 415 g/mol. The van der Waals surface area contributed by atoms with Gasteiger partial charge in [-0.2, -0.15) is 4.68 Å². The summed E-state index contributed by atoms with van der Waals surface area (Å²) in [5.74, 6) is 0.522. The number of nitrogens with zero attached hydrogens (tertiary/aromatic N) is 7. The van der Waals surface area contributed by atoms with E-state index in [1.165, 1.54) is 6.07 Å². The molecule has 2 aromatic heterocycles. The quantitative estimate of drug-likeness (QED) is 0.504. The molecule has 2 aromatic carbocycles. The second-order valence-electron chi connectivity index (χ2n) is 7.48. The van der Waals surface area contributed by atoms with Crippen LogP contribution in [0.25, 0.3) is 16.6 Å². The largest absolute Gasteiger partial charge is 0.336 e. The molecular weight excluding hydrogens is 394 g/mol. The molecule has 31 heavy (non-hydrogen) atoms. The van der Waals surface area contributed by atoms with Gasteiger partial charge in [-0.25, -0.2) is 0 Å². The van der Waals surface area contributed by atoms with Gasteiger partial charge in [0.2, 0.25) is 5.95 Å². The normalized spacial score (nSPS) is 14.2. The predicted molar refractivity (Wildman–Crippen MR) is 116 cm³/mol. The van der Waals surface area contributed by atoms with Gasteiger partial charge in [-0.3, -0.25) is 9.59 Å². The van der Waals surface area contributed by atoms with Crippen molar-refractivity contribution in [3.8, 4) is 5.69 Å². The summed E-state index contributed by atoms with van der Waals surface area (Å²) in [4.78, 5) is 29.5. The summed E-state index contributed by atoms with van der Waals surface area (Å²) in [7, 11) is 1.72. The fourth-order valence-corrected chi connectivity index (χ4v) is 3.98. The Kier molecular flexibility index (Phi) is 4.70. The lowest BCUT2D eigenvalue weighted by Crippen LogP contribution is -2.49. The number of tetrazole rings is 1. The van der Waals surface area contributed by atoms with E-state index in [2.05, 4.69) is 20.4 Å². The van der Waals surface area contributed by atoms with Crippen LogP contribution in [0.4, 0.5) is 5.95 Å². The number of hydrogen-bond donors (Lipinski definition) is 0. The van der Waals surface area contributed by atoms with Gasteiger partial charge >= 0.3 is 0 Å². The van der Waals surface area contributed by atoms with Crippen LogP contribution in [0.5, 0.6) is 0 Å². The van der Waals surface area contributed by atoms with Crippen molar-refractivity contribution in [2.24, 2.45) is 7.05 Å². The molecule has 9 nitrogen and oxygen atoms in total. The van der Waals surface area contributed by atoms with Crippen LogP contribution in [0.3, 0.4) is 0 Å². The predicted octanol–water partition coefficient (Wildman–Crippen LogP) is 1.48. The minimum Gasteiger partial charge on any atom is -0.336 e. The Morgan fingerprint density at radius 1 is 0.935 bits per heavy atom. The Balaban J connectivity index is 1.37. The summed E-state index contributed by atoms with van der Waals surface area (Å²) in [5.41, 5.74) is 1.88. The summed E-state index contributed by atoms with van der Waals surface area (Å²) in [6.45, 7) is 2.23. The van der Waals surface area contributed by atoms with Crippen LogP contribution < -0.4 is 10.5 Å². The van der Waals surface area contributed by atoms with Crippen molar-refractivity contribution < 1.29 is 4.79 Å². The molecule has 0 N–H and O–H groups in total. The number of aromatic nitrogens is 5. The van der Waals surface area contributed by atoms with E-state index in [1.807, 2.05) is 54.6 Å². The molecule has 4 aromatic rings. The van der Waals surface area contributed by atoms with Gasteiger partial charge in [0.05, 0.1) is 16.8 Å². The Morgan fingerprint density at radius 2 is 1.65 bits per heavy atom. The number of hydrogen-bond acceptors (Lipinski definition) is 6. The first-order valence-electron chi connectivity index (χ1n) is 10.1. The van der Waals surface area contributed by atoms with E-state index in [-0.39, 0.29) is 11.5 Å². The van der Waals surface area contributed by atoms with Crippen molar-refractivity contribution in [2.75, 3.05) is 31.1 Å². The zero-order chi connectivity index (χ0) is 21.4. The van der Waals surface area contributed by atoms with E-state index < -0.39 is 0 Å². The van der Waals surface area contributed by atoms with Crippen molar-refractivity contribution in [1.29, 1.82) is 0 Å². The summed E-state index contributed by atoms with van der Waals surface area (Å²) in [6, 6.07) is 18.6.